The van der Waals surface area contributed by atoms with E-state index in [1.54, 1.807) is 0 Å². The van der Waals surface area contributed by atoms with Crippen molar-refractivity contribution in [2.45, 2.75) is 25.4 Å². The van der Waals surface area contributed by atoms with Gasteiger partial charge in [-0.2, -0.15) is 0 Å². The molecule has 0 aliphatic rings. The van der Waals surface area contributed by atoms with E-state index in [4.69, 9.17) is 6.42 Å². The van der Waals surface area contributed by atoms with Crippen LogP contribution in [0.25, 0.3) is 0 Å². The quantitative estimate of drug-likeness (QED) is 0.652. The average Bonchev–Trinajstić information content (AvgIpc) is 2.17. The van der Waals surface area contributed by atoms with Gasteiger partial charge >= 0.3 is 0 Å². The summed E-state index contributed by atoms with van der Waals surface area (Å²) in [7, 11) is 0. The molecule has 0 fully saturated rings. The summed E-state index contributed by atoms with van der Waals surface area (Å²) in [6.07, 6.45) is 6.97. The Bertz CT molecular complexity index is 368. The van der Waals surface area contributed by atoms with Gasteiger partial charge < -0.3 is 5.11 Å². The van der Waals surface area contributed by atoms with E-state index < -0.39 is 6.10 Å². The summed E-state index contributed by atoms with van der Waals surface area (Å²) in [6, 6.07) is 5.76. The van der Waals surface area contributed by atoms with Crippen LogP contribution in [0.4, 0.5) is 0 Å². The van der Waals surface area contributed by atoms with Crippen LogP contribution in [-0.4, -0.2) is 5.11 Å². The normalized spacial score (nSPS) is 12.1. The van der Waals surface area contributed by atoms with Gasteiger partial charge in [-0.3, -0.25) is 0 Å². The van der Waals surface area contributed by atoms with E-state index in [9.17, 15) is 5.11 Å². The third kappa shape index (κ3) is 3.98. The molecule has 1 nitrogen and oxygen atoms in total. The lowest BCUT2D eigenvalue weighted by Gasteiger charge is -2.12. The van der Waals surface area contributed by atoms with E-state index in [0.29, 0.717) is 12.8 Å². The molecule has 0 saturated carbocycles. The molecule has 0 aliphatic heterocycles. The molecule has 0 spiro atoms. The molecular weight excluding hydrogens is 320 g/mol. The van der Waals surface area contributed by atoms with E-state index in [0.717, 1.165) is 20.9 Å². The summed E-state index contributed by atoms with van der Waals surface area (Å²) >= 11 is 6.80. The van der Waals surface area contributed by atoms with Crippen molar-refractivity contribution < 1.29 is 5.11 Å². The number of hydrogen-bond donors (Lipinski definition) is 1. The van der Waals surface area contributed by atoms with Crippen molar-refractivity contribution >= 4 is 31.9 Å². The smallest absolute Gasteiger partial charge is 0.0801 e. The minimum absolute atomic E-state index is 0.444. The number of terminal acetylenes is 1. The summed E-state index contributed by atoms with van der Waals surface area (Å²) in [5, 5.41) is 9.90. The van der Waals surface area contributed by atoms with Crippen molar-refractivity contribution in [2.75, 3.05) is 0 Å². The first-order valence-electron chi connectivity index (χ1n) is 4.71. The summed E-state index contributed by atoms with van der Waals surface area (Å²) < 4.78 is 1.92. The van der Waals surface area contributed by atoms with E-state index in [1.807, 2.05) is 18.2 Å². The first-order valence-corrected chi connectivity index (χ1v) is 6.30. The van der Waals surface area contributed by atoms with E-state index in [-0.39, 0.29) is 0 Å². The van der Waals surface area contributed by atoms with Crippen LogP contribution < -0.4 is 0 Å². The van der Waals surface area contributed by atoms with Crippen LogP contribution in [0.5, 0.6) is 0 Å². The van der Waals surface area contributed by atoms with Gasteiger partial charge in [0.15, 0.2) is 0 Å². The number of rotatable bonds is 4. The summed E-state index contributed by atoms with van der Waals surface area (Å²) in [5.41, 5.74) is 0.912. The van der Waals surface area contributed by atoms with Gasteiger partial charge in [0.2, 0.25) is 0 Å². The third-order valence-corrected chi connectivity index (χ3v) is 3.30. The molecule has 3 heteroatoms. The van der Waals surface area contributed by atoms with Gasteiger partial charge in [-0.15, -0.1) is 12.3 Å². The monoisotopic (exact) mass is 330 g/mol. The number of hydrogen-bond acceptors (Lipinski definition) is 1. The number of halogens is 2. The highest BCUT2D eigenvalue weighted by atomic mass is 79.9. The SMILES string of the molecule is C#CCCCC(O)c1ccc(Br)cc1Br. The van der Waals surface area contributed by atoms with Crippen LogP contribution >= 0.6 is 31.9 Å². The largest absolute Gasteiger partial charge is 0.388 e. The van der Waals surface area contributed by atoms with Crippen molar-refractivity contribution in [2.24, 2.45) is 0 Å². The van der Waals surface area contributed by atoms with Crippen molar-refractivity contribution in [3.63, 3.8) is 0 Å². The van der Waals surface area contributed by atoms with Gasteiger partial charge in [-0.05, 0) is 30.5 Å². The minimum atomic E-state index is -0.444. The second-order valence-corrected chi connectivity index (χ2v) is 5.05. The number of aliphatic hydroxyl groups excluding tert-OH is 1. The standard InChI is InChI=1S/C12H12Br2O/c1-2-3-4-5-12(15)10-7-6-9(13)8-11(10)14/h1,6-8,12,15H,3-5H2. The van der Waals surface area contributed by atoms with E-state index in [2.05, 4.69) is 37.8 Å². The second kappa shape index (κ2) is 6.32. The van der Waals surface area contributed by atoms with Crippen LogP contribution in [0.1, 0.15) is 30.9 Å². The minimum Gasteiger partial charge on any atom is -0.388 e. The summed E-state index contributed by atoms with van der Waals surface area (Å²) in [5.74, 6) is 2.57. The zero-order valence-electron chi connectivity index (χ0n) is 8.21. The van der Waals surface area contributed by atoms with Crippen molar-refractivity contribution in [3.8, 4) is 12.3 Å². The van der Waals surface area contributed by atoms with Gasteiger partial charge in [0, 0.05) is 15.4 Å². The lowest BCUT2D eigenvalue weighted by molar-refractivity contribution is 0.164. The molecule has 1 rings (SSSR count). The van der Waals surface area contributed by atoms with Crippen molar-refractivity contribution in [1.29, 1.82) is 0 Å². The molecule has 0 aromatic heterocycles. The average molecular weight is 332 g/mol. The molecule has 0 bridgehead atoms. The Kier molecular flexibility index (Phi) is 5.38. The van der Waals surface area contributed by atoms with Crippen LogP contribution in [0.3, 0.4) is 0 Å². The fourth-order valence-corrected chi connectivity index (χ4v) is 2.64. The number of unbranched alkanes of at least 4 members (excludes halogenated alkanes) is 1. The molecule has 1 atom stereocenters. The molecular formula is C12H12Br2O. The molecule has 0 radical (unpaired) electrons. The maximum atomic E-state index is 9.90. The Morgan fingerprint density at radius 1 is 1.40 bits per heavy atom. The first kappa shape index (κ1) is 12.8. The summed E-state index contributed by atoms with van der Waals surface area (Å²) in [4.78, 5) is 0. The fourth-order valence-electron chi connectivity index (χ4n) is 1.32. The van der Waals surface area contributed by atoms with Gasteiger partial charge in [-0.25, -0.2) is 0 Å². The molecule has 1 aromatic carbocycles. The molecule has 0 heterocycles. The predicted molar refractivity (Wildman–Crippen MR) is 69.5 cm³/mol. The van der Waals surface area contributed by atoms with Gasteiger partial charge in [0.05, 0.1) is 6.10 Å². The van der Waals surface area contributed by atoms with Crippen LogP contribution in [0.15, 0.2) is 27.1 Å². The third-order valence-electron chi connectivity index (χ3n) is 2.12. The zero-order chi connectivity index (χ0) is 11.3. The van der Waals surface area contributed by atoms with Crippen LogP contribution in [-0.2, 0) is 0 Å². The van der Waals surface area contributed by atoms with Gasteiger partial charge in [0.1, 0.15) is 0 Å². The second-order valence-electron chi connectivity index (χ2n) is 3.28. The lowest BCUT2D eigenvalue weighted by Crippen LogP contribution is -1.98. The zero-order valence-corrected chi connectivity index (χ0v) is 11.4. The highest BCUT2D eigenvalue weighted by Crippen LogP contribution is 2.29. The Hall–Kier alpha value is -0.300. The Labute approximate surface area is 107 Å². The topological polar surface area (TPSA) is 20.2 Å². The van der Waals surface area contributed by atoms with Gasteiger partial charge in [0.25, 0.3) is 0 Å². The first-order chi connectivity index (χ1) is 7.15. The van der Waals surface area contributed by atoms with Crippen molar-refractivity contribution in [1.82, 2.24) is 0 Å². The fraction of sp³-hybridized carbons (Fsp3) is 0.333. The van der Waals surface area contributed by atoms with E-state index >= 15 is 0 Å². The maximum Gasteiger partial charge on any atom is 0.0801 e. The number of aliphatic hydroxyl groups is 1. The van der Waals surface area contributed by atoms with Crippen LogP contribution in [0.2, 0.25) is 0 Å². The van der Waals surface area contributed by atoms with Crippen LogP contribution in [0, 0.1) is 12.3 Å². The summed E-state index contributed by atoms with van der Waals surface area (Å²) in [6.45, 7) is 0. The molecule has 0 aliphatic carbocycles. The lowest BCUT2D eigenvalue weighted by atomic mass is 10.0. The molecule has 15 heavy (non-hydrogen) atoms. The Balaban J connectivity index is 2.66. The Morgan fingerprint density at radius 2 is 2.13 bits per heavy atom. The highest BCUT2D eigenvalue weighted by Gasteiger charge is 2.10. The molecule has 1 N–H and O–H groups in total. The van der Waals surface area contributed by atoms with E-state index in [1.165, 1.54) is 0 Å². The molecule has 0 amide bonds. The molecule has 0 saturated heterocycles. The highest BCUT2D eigenvalue weighted by molar-refractivity contribution is 9.11. The van der Waals surface area contributed by atoms with Gasteiger partial charge in [-0.1, -0.05) is 37.9 Å². The molecule has 1 aromatic rings. The Morgan fingerprint density at radius 3 is 2.73 bits per heavy atom. The van der Waals surface area contributed by atoms with Crippen molar-refractivity contribution in [3.05, 3.63) is 32.7 Å². The number of benzene rings is 1. The molecule has 1 unspecified atom stereocenters. The maximum absolute atomic E-state index is 9.90. The molecule has 80 valence electrons. The predicted octanol–water partition coefficient (Wildman–Crippen LogP) is 4.05.